The van der Waals surface area contributed by atoms with Crippen LogP contribution >= 0.6 is 0 Å². The predicted molar refractivity (Wildman–Crippen MR) is 127 cm³/mol. The lowest BCUT2D eigenvalue weighted by Crippen LogP contribution is -2.68. The van der Waals surface area contributed by atoms with E-state index >= 15 is 0 Å². The van der Waals surface area contributed by atoms with Crippen molar-refractivity contribution in [3.63, 3.8) is 0 Å². The number of pyridine rings is 1. The number of nitrogens with zero attached hydrogens (tertiary/aromatic N) is 6. The van der Waals surface area contributed by atoms with E-state index in [0.717, 1.165) is 50.9 Å². The first kappa shape index (κ1) is 23.6. The van der Waals surface area contributed by atoms with E-state index in [4.69, 9.17) is 9.72 Å². The lowest BCUT2D eigenvalue weighted by molar-refractivity contribution is -0.137. The molecule has 6 rings (SSSR count). The SMILES string of the molecule is CC1NNCC1[C@H]1[C@H](C)N(c2ccnc(-c3cnc4ccc(C(F)(F)F)cn34)n2)CCN1C1COC1. The number of halogens is 3. The summed E-state index contributed by atoms with van der Waals surface area (Å²) in [7, 11) is 0. The van der Waals surface area contributed by atoms with Crippen LogP contribution in [-0.2, 0) is 10.9 Å². The van der Waals surface area contributed by atoms with Crippen molar-refractivity contribution in [1.82, 2.24) is 35.1 Å². The summed E-state index contributed by atoms with van der Waals surface area (Å²) >= 11 is 0. The van der Waals surface area contributed by atoms with Crippen LogP contribution in [0.3, 0.4) is 0 Å². The summed E-state index contributed by atoms with van der Waals surface area (Å²) in [4.78, 5) is 18.3. The predicted octanol–water partition coefficient (Wildman–Crippen LogP) is 2.20. The molecule has 2 N–H and O–H groups in total. The first-order chi connectivity index (χ1) is 17.3. The van der Waals surface area contributed by atoms with E-state index in [1.165, 1.54) is 16.7 Å². The number of hydrazine groups is 1. The maximum Gasteiger partial charge on any atom is 0.417 e. The summed E-state index contributed by atoms with van der Waals surface area (Å²) < 4.78 is 46.9. The van der Waals surface area contributed by atoms with Crippen LogP contribution in [0.15, 0.2) is 36.8 Å². The van der Waals surface area contributed by atoms with Gasteiger partial charge in [-0.3, -0.25) is 20.2 Å². The monoisotopic (exact) mass is 502 g/mol. The molecule has 36 heavy (non-hydrogen) atoms. The molecule has 9 nitrogen and oxygen atoms in total. The van der Waals surface area contributed by atoms with Gasteiger partial charge in [-0.15, -0.1) is 0 Å². The number of fused-ring (bicyclic) bond motifs is 1. The van der Waals surface area contributed by atoms with Gasteiger partial charge in [0.2, 0.25) is 0 Å². The van der Waals surface area contributed by atoms with Gasteiger partial charge in [0.05, 0.1) is 31.0 Å². The van der Waals surface area contributed by atoms with E-state index in [1.54, 1.807) is 6.20 Å². The molecule has 3 aromatic heterocycles. The summed E-state index contributed by atoms with van der Waals surface area (Å²) in [6.07, 6.45) is -0.213. The Kier molecular flexibility index (Phi) is 5.86. The number of ether oxygens (including phenoxy) is 1. The van der Waals surface area contributed by atoms with Gasteiger partial charge in [0.15, 0.2) is 5.82 Å². The van der Waals surface area contributed by atoms with Crippen molar-refractivity contribution in [2.24, 2.45) is 5.92 Å². The molecular formula is C24H29F3N8O. The molecule has 0 aliphatic carbocycles. The topological polar surface area (TPSA) is 82.8 Å². The molecule has 3 aliphatic heterocycles. The highest BCUT2D eigenvalue weighted by atomic mass is 19.4. The molecule has 0 aromatic carbocycles. The minimum absolute atomic E-state index is 0.162. The van der Waals surface area contributed by atoms with Gasteiger partial charge in [0.25, 0.3) is 0 Å². The average molecular weight is 503 g/mol. The number of alkyl halides is 3. The summed E-state index contributed by atoms with van der Waals surface area (Å²) in [5, 5.41) is 0. The van der Waals surface area contributed by atoms with Gasteiger partial charge in [0, 0.05) is 56.1 Å². The molecule has 0 amide bonds. The van der Waals surface area contributed by atoms with Crippen molar-refractivity contribution in [3.05, 3.63) is 42.4 Å². The molecule has 0 spiro atoms. The van der Waals surface area contributed by atoms with Crippen molar-refractivity contribution < 1.29 is 17.9 Å². The number of anilines is 1. The molecular weight excluding hydrogens is 473 g/mol. The van der Waals surface area contributed by atoms with Crippen LogP contribution in [0.2, 0.25) is 0 Å². The van der Waals surface area contributed by atoms with Crippen LogP contribution in [0.25, 0.3) is 17.2 Å². The summed E-state index contributed by atoms with van der Waals surface area (Å²) in [6.45, 7) is 8.51. The summed E-state index contributed by atoms with van der Waals surface area (Å²) in [5.41, 5.74) is 6.75. The van der Waals surface area contributed by atoms with E-state index in [-0.39, 0.29) is 12.1 Å². The number of imidazole rings is 1. The number of nitrogens with one attached hydrogen (secondary N) is 2. The van der Waals surface area contributed by atoms with Crippen molar-refractivity contribution in [2.45, 2.75) is 44.2 Å². The third kappa shape index (κ3) is 4.01. The minimum atomic E-state index is -4.45. The highest BCUT2D eigenvalue weighted by Gasteiger charge is 2.46. The zero-order valence-corrected chi connectivity index (χ0v) is 20.1. The van der Waals surface area contributed by atoms with E-state index in [9.17, 15) is 13.2 Å². The van der Waals surface area contributed by atoms with Crippen LogP contribution in [0.5, 0.6) is 0 Å². The number of rotatable bonds is 4. The third-order valence-electron chi connectivity index (χ3n) is 7.80. The molecule has 3 aromatic rings. The van der Waals surface area contributed by atoms with Gasteiger partial charge in [-0.1, -0.05) is 0 Å². The number of aromatic nitrogens is 4. The first-order valence-electron chi connectivity index (χ1n) is 12.3. The van der Waals surface area contributed by atoms with E-state index in [0.29, 0.717) is 35.2 Å². The van der Waals surface area contributed by atoms with Crippen LogP contribution in [0, 0.1) is 5.92 Å². The van der Waals surface area contributed by atoms with Crippen molar-refractivity contribution in [2.75, 3.05) is 37.7 Å². The Balaban J connectivity index is 1.33. The molecule has 6 heterocycles. The van der Waals surface area contributed by atoms with Gasteiger partial charge in [-0.05, 0) is 32.0 Å². The lowest BCUT2D eigenvalue weighted by Gasteiger charge is -2.53. The summed E-state index contributed by atoms with van der Waals surface area (Å²) in [5.74, 6) is 1.51. The molecule has 3 aliphatic rings. The van der Waals surface area contributed by atoms with Crippen LogP contribution < -0.4 is 15.8 Å². The molecule has 0 bridgehead atoms. The first-order valence-corrected chi connectivity index (χ1v) is 12.3. The van der Waals surface area contributed by atoms with Gasteiger partial charge in [0.1, 0.15) is 17.2 Å². The Morgan fingerprint density at radius 2 is 1.92 bits per heavy atom. The fraction of sp³-hybridized carbons (Fsp3) is 0.542. The molecule has 12 heteroatoms. The Bertz CT molecular complexity index is 1250. The summed E-state index contributed by atoms with van der Waals surface area (Å²) in [6, 6.07) is 5.46. The van der Waals surface area contributed by atoms with Gasteiger partial charge < -0.3 is 9.64 Å². The van der Waals surface area contributed by atoms with Crippen molar-refractivity contribution in [3.8, 4) is 11.5 Å². The fourth-order valence-electron chi connectivity index (χ4n) is 5.79. The van der Waals surface area contributed by atoms with Crippen LogP contribution in [0.1, 0.15) is 19.4 Å². The minimum Gasteiger partial charge on any atom is -0.378 e. The molecule has 2 unspecified atom stereocenters. The largest absolute Gasteiger partial charge is 0.417 e. The zero-order chi connectivity index (χ0) is 25.0. The standard InChI is InChI=1S/C24H29F3N8O/c1-14-18(9-30-32-14)22-15(2)33(7-8-34(22)17-12-36-13-17)21-5-6-28-23(31-21)19-10-29-20-4-3-16(11-35(19)20)24(25,26)27/h3-6,10-11,14-15,17-18,22,30,32H,7-9,12-13H2,1-2H3/t14?,15-,18?,22+/m0/s1. The van der Waals surface area contributed by atoms with E-state index < -0.39 is 11.7 Å². The van der Waals surface area contributed by atoms with Gasteiger partial charge in [-0.25, -0.2) is 15.0 Å². The van der Waals surface area contributed by atoms with Crippen LogP contribution in [0.4, 0.5) is 19.0 Å². The smallest absolute Gasteiger partial charge is 0.378 e. The Morgan fingerprint density at radius 1 is 1.08 bits per heavy atom. The second-order valence-corrected chi connectivity index (χ2v) is 9.86. The molecule has 0 radical (unpaired) electrons. The van der Waals surface area contributed by atoms with Gasteiger partial charge in [-0.2, -0.15) is 13.2 Å². The molecule has 3 saturated heterocycles. The number of piperazine rings is 1. The lowest BCUT2D eigenvalue weighted by atomic mass is 9.84. The average Bonchev–Trinajstić information content (AvgIpc) is 3.43. The Hall–Kier alpha value is -2.80. The number of hydrogen-bond donors (Lipinski definition) is 2. The molecule has 4 atom stereocenters. The second kappa shape index (κ2) is 8.94. The maximum atomic E-state index is 13.3. The highest BCUT2D eigenvalue weighted by Crippen LogP contribution is 2.34. The normalized spacial score (nSPS) is 28.1. The van der Waals surface area contributed by atoms with Crippen molar-refractivity contribution >= 4 is 11.5 Å². The van der Waals surface area contributed by atoms with E-state index in [2.05, 4.69) is 44.5 Å². The maximum absolute atomic E-state index is 13.3. The van der Waals surface area contributed by atoms with Gasteiger partial charge >= 0.3 is 6.18 Å². The Morgan fingerprint density at radius 3 is 2.61 bits per heavy atom. The van der Waals surface area contributed by atoms with Crippen molar-refractivity contribution in [1.29, 1.82) is 0 Å². The number of hydrogen-bond acceptors (Lipinski definition) is 8. The van der Waals surface area contributed by atoms with E-state index in [1.807, 2.05) is 6.07 Å². The molecule has 0 saturated carbocycles. The third-order valence-corrected chi connectivity index (χ3v) is 7.80. The zero-order valence-electron chi connectivity index (χ0n) is 20.1. The fourth-order valence-corrected chi connectivity index (χ4v) is 5.79. The van der Waals surface area contributed by atoms with Crippen LogP contribution in [-0.4, -0.2) is 81.3 Å². The highest BCUT2D eigenvalue weighted by molar-refractivity contribution is 5.59. The Labute approximate surface area is 206 Å². The quantitative estimate of drug-likeness (QED) is 0.562. The molecule has 192 valence electrons. The second-order valence-electron chi connectivity index (χ2n) is 9.86. The molecule has 3 fully saturated rings.